The van der Waals surface area contributed by atoms with Gasteiger partial charge >= 0.3 is 5.97 Å². The van der Waals surface area contributed by atoms with Crippen molar-refractivity contribution in [3.8, 4) is 0 Å². The predicted octanol–water partition coefficient (Wildman–Crippen LogP) is 0.758. The average molecular weight is 292 g/mol. The predicted molar refractivity (Wildman–Crippen MR) is 73.3 cm³/mol. The SMILES string of the molecule is CC(NC(=O)[C@H]1[C@@H](C(=O)O)C1(C)C)c1nnc2n1CCC2. The van der Waals surface area contributed by atoms with Crippen LogP contribution in [-0.4, -0.2) is 31.7 Å². The summed E-state index contributed by atoms with van der Waals surface area (Å²) in [5.41, 5.74) is -0.484. The van der Waals surface area contributed by atoms with Crippen LogP contribution in [-0.2, 0) is 22.6 Å². The number of hydrogen-bond donors (Lipinski definition) is 2. The molecule has 1 aliphatic heterocycles. The van der Waals surface area contributed by atoms with Gasteiger partial charge in [-0.05, 0) is 18.8 Å². The minimum absolute atomic E-state index is 0.213. The standard InChI is InChI=1S/C14H20N4O3/c1-7(11-17-16-8-5-4-6-18(8)11)15-12(19)9-10(13(20)21)14(9,2)3/h7,9-10H,4-6H2,1-3H3,(H,15,19)(H,20,21)/t7?,9-,10+/m1/s1. The molecule has 1 unspecified atom stereocenters. The van der Waals surface area contributed by atoms with Gasteiger partial charge in [0.15, 0.2) is 5.82 Å². The number of aromatic nitrogens is 3. The lowest BCUT2D eigenvalue weighted by atomic mass is 10.1. The molecular formula is C14H20N4O3. The summed E-state index contributed by atoms with van der Waals surface area (Å²) < 4.78 is 2.04. The van der Waals surface area contributed by atoms with Crippen molar-refractivity contribution in [2.75, 3.05) is 0 Å². The number of hydrogen-bond acceptors (Lipinski definition) is 4. The van der Waals surface area contributed by atoms with E-state index in [-0.39, 0.29) is 11.9 Å². The Morgan fingerprint density at radius 2 is 2.10 bits per heavy atom. The van der Waals surface area contributed by atoms with Crippen LogP contribution in [0.3, 0.4) is 0 Å². The molecule has 0 bridgehead atoms. The molecule has 1 aromatic rings. The van der Waals surface area contributed by atoms with E-state index in [4.69, 9.17) is 5.11 Å². The summed E-state index contributed by atoms with van der Waals surface area (Å²) in [7, 11) is 0. The summed E-state index contributed by atoms with van der Waals surface area (Å²) in [6, 6.07) is -0.261. The van der Waals surface area contributed by atoms with Gasteiger partial charge in [-0.3, -0.25) is 9.59 Å². The van der Waals surface area contributed by atoms with Crippen LogP contribution in [0.4, 0.5) is 0 Å². The fourth-order valence-corrected chi connectivity index (χ4v) is 3.45. The molecule has 2 aliphatic rings. The van der Waals surface area contributed by atoms with Gasteiger partial charge in [-0.15, -0.1) is 10.2 Å². The third-order valence-electron chi connectivity index (χ3n) is 4.76. The van der Waals surface area contributed by atoms with Gasteiger partial charge < -0.3 is 15.0 Å². The highest BCUT2D eigenvalue weighted by molar-refractivity contribution is 5.91. The van der Waals surface area contributed by atoms with Gasteiger partial charge in [-0.25, -0.2) is 0 Å². The summed E-state index contributed by atoms with van der Waals surface area (Å²) in [4.78, 5) is 23.5. The molecule has 0 spiro atoms. The molecule has 1 fully saturated rings. The quantitative estimate of drug-likeness (QED) is 0.854. The van der Waals surface area contributed by atoms with Crippen LogP contribution >= 0.6 is 0 Å². The zero-order chi connectivity index (χ0) is 15.4. The van der Waals surface area contributed by atoms with Gasteiger partial charge in [-0.2, -0.15) is 0 Å². The molecule has 0 radical (unpaired) electrons. The maximum Gasteiger partial charge on any atom is 0.307 e. The second-order valence-corrected chi connectivity index (χ2v) is 6.57. The first-order valence-electron chi connectivity index (χ1n) is 7.29. The minimum Gasteiger partial charge on any atom is -0.481 e. The van der Waals surface area contributed by atoms with E-state index in [1.807, 2.05) is 25.3 Å². The third-order valence-corrected chi connectivity index (χ3v) is 4.76. The maximum atomic E-state index is 12.3. The molecule has 0 aromatic carbocycles. The molecule has 1 saturated carbocycles. The Kier molecular flexibility index (Phi) is 3.04. The van der Waals surface area contributed by atoms with E-state index in [1.54, 1.807) is 0 Å². The Balaban J connectivity index is 1.69. The van der Waals surface area contributed by atoms with E-state index in [9.17, 15) is 9.59 Å². The highest BCUT2D eigenvalue weighted by Crippen LogP contribution is 2.58. The van der Waals surface area contributed by atoms with Crippen LogP contribution in [0.2, 0.25) is 0 Å². The van der Waals surface area contributed by atoms with Gasteiger partial charge in [0, 0.05) is 13.0 Å². The van der Waals surface area contributed by atoms with Crippen molar-refractivity contribution in [1.82, 2.24) is 20.1 Å². The Morgan fingerprint density at radius 3 is 2.71 bits per heavy atom. The monoisotopic (exact) mass is 292 g/mol. The van der Waals surface area contributed by atoms with E-state index in [2.05, 4.69) is 15.5 Å². The molecule has 7 nitrogen and oxygen atoms in total. The number of rotatable bonds is 4. The smallest absolute Gasteiger partial charge is 0.307 e. The molecule has 0 saturated heterocycles. The molecule has 1 aromatic heterocycles. The first kappa shape index (κ1) is 14.0. The molecule has 1 aliphatic carbocycles. The number of carboxylic acid groups (broad SMARTS) is 1. The van der Waals surface area contributed by atoms with Crippen LogP contribution in [0.5, 0.6) is 0 Å². The Morgan fingerprint density at radius 1 is 1.38 bits per heavy atom. The van der Waals surface area contributed by atoms with Gasteiger partial charge in [0.05, 0.1) is 17.9 Å². The van der Waals surface area contributed by atoms with Crippen molar-refractivity contribution in [1.29, 1.82) is 0 Å². The Hall–Kier alpha value is -1.92. The number of aliphatic carboxylic acids is 1. The number of carbonyl (C=O) groups excluding carboxylic acids is 1. The minimum atomic E-state index is -0.906. The number of fused-ring (bicyclic) bond motifs is 1. The van der Waals surface area contributed by atoms with Gasteiger partial charge in [0.2, 0.25) is 5.91 Å². The van der Waals surface area contributed by atoms with Crippen molar-refractivity contribution < 1.29 is 14.7 Å². The molecule has 2 N–H and O–H groups in total. The lowest BCUT2D eigenvalue weighted by Crippen LogP contribution is -2.31. The topological polar surface area (TPSA) is 97.1 Å². The lowest BCUT2D eigenvalue weighted by molar-refractivity contribution is -0.140. The van der Waals surface area contributed by atoms with Gasteiger partial charge in [-0.1, -0.05) is 13.8 Å². The van der Waals surface area contributed by atoms with E-state index in [0.29, 0.717) is 0 Å². The van der Waals surface area contributed by atoms with Crippen LogP contribution in [0, 0.1) is 17.3 Å². The summed E-state index contributed by atoms with van der Waals surface area (Å²) in [5.74, 6) is -0.485. The lowest BCUT2D eigenvalue weighted by Gasteiger charge is -2.14. The van der Waals surface area contributed by atoms with Gasteiger partial charge in [0.1, 0.15) is 5.82 Å². The average Bonchev–Trinajstić information content (AvgIpc) is 2.73. The van der Waals surface area contributed by atoms with Crippen molar-refractivity contribution >= 4 is 11.9 Å². The fraction of sp³-hybridized carbons (Fsp3) is 0.714. The molecule has 3 rings (SSSR count). The molecule has 3 atom stereocenters. The van der Waals surface area contributed by atoms with E-state index in [0.717, 1.165) is 31.0 Å². The molecule has 2 heterocycles. The summed E-state index contributed by atoms with van der Waals surface area (Å²) in [6.07, 6.45) is 1.97. The fourth-order valence-electron chi connectivity index (χ4n) is 3.45. The second kappa shape index (κ2) is 4.54. The largest absolute Gasteiger partial charge is 0.481 e. The summed E-state index contributed by atoms with van der Waals surface area (Å²) >= 11 is 0. The number of nitrogens with one attached hydrogen (secondary N) is 1. The zero-order valence-corrected chi connectivity index (χ0v) is 12.5. The third kappa shape index (κ3) is 2.11. The van der Waals surface area contributed by atoms with Crippen molar-refractivity contribution in [3.63, 3.8) is 0 Å². The highest BCUT2D eigenvalue weighted by Gasteiger charge is 2.66. The summed E-state index contributed by atoms with van der Waals surface area (Å²) in [6.45, 7) is 6.37. The second-order valence-electron chi connectivity index (χ2n) is 6.57. The molecule has 7 heteroatoms. The van der Waals surface area contributed by atoms with E-state index >= 15 is 0 Å². The summed E-state index contributed by atoms with van der Waals surface area (Å²) in [5, 5.41) is 20.3. The number of aryl methyl sites for hydroxylation is 1. The van der Waals surface area contributed by atoms with Crippen LogP contribution in [0.15, 0.2) is 0 Å². The first-order valence-corrected chi connectivity index (χ1v) is 7.29. The number of nitrogens with zero attached hydrogens (tertiary/aromatic N) is 3. The number of amides is 1. The molecule has 21 heavy (non-hydrogen) atoms. The van der Waals surface area contributed by atoms with Crippen LogP contribution in [0.1, 0.15) is 44.9 Å². The zero-order valence-electron chi connectivity index (χ0n) is 12.5. The highest BCUT2D eigenvalue weighted by atomic mass is 16.4. The Bertz CT molecular complexity index is 607. The van der Waals surface area contributed by atoms with Gasteiger partial charge in [0.25, 0.3) is 0 Å². The number of carbonyl (C=O) groups is 2. The normalized spacial score (nSPS) is 27.0. The number of carboxylic acids is 1. The Labute approximate surface area is 122 Å². The molecule has 1 amide bonds. The van der Waals surface area contributed by atoms with Crippen molar-refractivity contribution in [2.45, 2.75) is 46.2 Å². The molecular weight excluding hydrogens is 272 g/mol. The van der Waals surface area contributed by atoms with Crippen LogP contribution in [0.25, 0.3) is 0 Å². The van der Waals surface area contributed by atoms with Crippen molar-refractivity contribution in [2.24, 2.45) is 17.3 Å². The van der Waals surface area contributed by atoms with Crippen molar-refractivity contribution in [3.05, 3.63) is 11.6 Å². The first-order chi connectivity index (χ1) is 9.84. The van der Waals surface area contributed by atoms with E-state index in [1.165, 1.54) is 0 Å². The molecule has 114 valence electrons. The van der Waals surface area contributed by atoms with E-state index < -0.39 is 23.2 Å². The van der Waals surface area contributed by atoms with Crippen LogP contribution < -0.4 is 5.32 Å². The maximum absolute atomic E-state index is 12.3.